The average molecular weight is 347 g/mol. The maximum absolute atomic E-state index is 12.3. The number of ether oxygens (including phenoxy) is 2. The highest BCUT2D eigenvalue weighted by Crippen LogP contribution is 2.30. The van der Waals surface area contributed by atoms with Gasteiger partial charge in [0.2, 0.25) is 0 Å². The molecular formula is C18H21NO4S. The third-order valence-corrected chi connectivity index (χ3v) is 5.64. The van der Waals surface area contributed by atoms with Crippen LogP contribution >= 0.6 is 0 Å². The Morgan fingerprint density at radius 2 is 1.71 bits per heavy atom. The fourth-order valence-corrected chi connectivity index (χ4v) is 3.97. The van der Waals surface area contributed by atoms with Crippen LogP contribution in [0.3, 0.4) is 0 Å². The molecule has 0 fully saturated rings. The van der Waals surface area contributed by atoms with E-state index in [4.69, 9.17) is 9.47 Å². The number of hydrogen-bond acceptors (Lipinski definition) is 5. The predicted molar refractivity (Wildman–Crippen MR) is 92.3 cm³/mol. The van der Waals surface area contributed by atoms with Gasteiger partial charge in [-0.15, -0.1) is 0 Å². The normalized spacial score (nSPS) is 17.0. The number of rotatable bonds is 6. The molecule has 5 nitrogen and oxygen atoms in total. The van der Waals surface area contributed by atoms with Gasteiger partial charge in [0.25, 0.3) is 0 Å². The van der Waals surface area contributed by atoms with E-state index in [1.165, 1.54) is 0 Å². The van der Waals surface area contributed by atoms with Gasteiger partial charge in [-0.2, -0.15) is 0 Å². The molecule has 2 aromatic carbocycles. The number of hydrogen-bond donors (Lipinski definition) is 0. The molecule has 1 atom stereocenters. The van der Waals surface area contributed by atoms with E-state index in [0.29, 0.717) is 24.6 Å². The first kappa shape index (κ1) is 16.8. The van der Waals surface area contributed by atoms with Crippen LogP contribution in [0.5, 0.6) is 11.5 Å². The summed E-state index contributed by atoms with van der Waals surface area (Å²) in [5.41, 5.74) is 0. The lowest BCUT2D eigenvalue weighted by atomic mass is 10.2. The van der Waals surface area contributed by atoms with Crippen molar-refractivity contribution in [1.82, 2.24) is 4.90 Å². The third-order valence-electron chi connectivity index (χ3n) is 3.93. The van der Waals surface area contributed by atoms with E-state index in [-0.39, 0.29) is 11.9 Å². The van der Waals surface area contributed by atoms with E-state index in [0.717, 1.165) is 11.5 Å². The zero-order chi connectivity index (χ0) is 17.0. The van der Waals surface area contributed by atoms with Crippen LogP contribution in [0.4, 0.5) is 0 Å². The maximum Gasteiger partial charge on any atom is 0.179 e. The van der Waals surface area contributed by atoms with Gasteiger partial charge in [-0.25, -0.2) is 8.42 Å². The maximum atomic E-state index is 12.3. The molecule has 2 aromatic rings. The van der Waals surface area contributed by atoms with Crippen LogP contribution in [0, 0.1) is 0 Å². The molecule has 0 bridgehead atoms. The van der Waals surface area contributed by atoms with E-state index in [1.54, 1.807) is 24.3 Å². The van der Waals surface area contributed by atoms with Crippen molar-refractivity contribution in [2.75, 3.05) is 32.5 Å². The fourth-order valence-electron chi connectivity index (χ4n) is 2.61. The second kappa shape index (κ2) is 7.23. The van der Waals surface area contributed by atoms with Crippen LogP contribution in [0.25, 0.3) is 0 Å². The van der Waals surface area contributed by atoms with Gasteiger partial charge in [0.05, 0.1) is 10.6 Å². The number of likely N-dealkylation sites (N-methyl/N-ethyl adjacent to an activating group) is 1. The average Bonchev–Trinajstić information content (AvgIpc) is 2.61. The van der Waals surface area contributed by atoms with Crippen molar-refractivity contribution in [3.8, 4) is 11.5 Å². The third kappa shape index (κ3) is 4.07. The standard InChI is InChI=1S/C18H21NO4S/c1-19(11-12-24(20,21)16-7-3-2-4-8-16)13-15-14-22-17-9-5-6-10-18(17)23-15/h2-10,15H,11-14H2,1H3/t15-/m1/s1. The van der Waals surface area contributed by atoms with Gasteiger partial charge in [0.15, 0.2) is 21.3 Å². The van der Waals surface area contributed by atoms with Crippen molar-refractivity contribution in [1.29, 1.82) is 0 Å². The zero-order valence-corrected chi connectivity index (χ0v) is 14.4. The molecule has 0 aromatic heterocycles. The highest BCUT2D eigenvalue weighted by atomic mass is 32.2. The number of para-hydroxylation sites is 2. The monoisotopic (exact) mass is 347 g/mol. The zero-order valence-electron chi connectivity index (χ0n) is 13.6. The Morgan fingerprint density at radius 3 is 2.46 bits per heavy atom. The summed E-state index contributed by atoms with van der Waals surface area (Å²) in [7, 11) is -1.37. The molecule has 24 heavy (non-hydrogen) atoms. The topological polar surface area (TPSA) is 55.8 Å². The minimum absolute atomic E-state index is 0.0810. The molecule has 0 saturated carbocycles. The Balaban J connectivity index is 1.53. The molecule has 1 heterocycles. The molecule has 6 heteroatoms. The summed E-state index contributed by atoms with van der Waals surface area (Å²) < 4.78 is 36.2. The van der Waals surface area contributed by atoms with Crippen molar-refractivity contribution in [2.24, 2.45) is 0 Å². The Labute approximate surface area is 142 Å². The molecule has 3 rings (SSSR count). The number of nitrogens with zero attached hydrogens (tertiary/aromatic N) is 1. The lowest BCUT2D eigenvalue weighted by Crippen LogP contribution is -2.40. The van der Waals surface area contributed by atoms with Crippen LogP contribution in [-0.4, -0.2) is 51.9 Å². The Kier molecular flexibility index (Phi) is 5.06. The van der Waals surface area contributed by atoms with E-state index in [1.807, 2.05) is 42.3 Å². The molecule has 0 aliphatic carbocycles. The van der Waals surface area contributed by atoms with Gasteiger partial charge in [-0.05, 0) is 31.3 Å². The summed E-state index contributed by atoms with van der Waals surface area (Å²) in [5.74, 6) is 1.57. The van der Waals surface area contributed by atoms with Crippen LogP contribution in [0.2, 0.25) is 0 Å². The fraction of sp³-hybridized carbons (Fsp3) is 0.333. The van der Waals surface area contributed by atoms with Gasteiger partial charge in [-0.1, -0.05) is 30.3 Å². The number of sulfone groups is 1. The van der Waals surface area contributed by atoms with Crippen molar-refractivity contribution in [3.63, 3.8) is 0 Å². The van der Waals surface area contributed by atoms with E-state index in [2.05, 4.69) is 0 Å². The van der Waals surface area contributed by atoms with Gasteiger partial charge < -0.3 is 14.4 Å². The van der Waals surface area contributed by atoms with E-state index < -0.39 is 9.84 Å². The van der Waals surface area contributed by atoms with Gasteiger partial charge >= 0.3 is 0 Å². The van der Waals surface area contributed by atoms with Crippen molar-refractivity contribution in [3.05, 3.63) is 54.6 Å². The first-order valence-electron chi connectivity index (χ1n) is 7.89. The van der Waals surface area contributed by atoms with Gasteiger partial charge in [0.1, 0.15) is 12.7 Å². The van der Waals surface area contributed by atoms with Crippen molar-refractivity contribution < 1.29 is 17.9 Å². The van der Waals surface area contributed by atoms with Crippen molar-refractivity contribution in [2.45, 2.75) is 11.0 Å². The van der Waals surface area contributed by atoms with E-state index in [9.17, 15) is 8.42 Å². The summed E-state index contributed by atoms with van der Waals surface area (Å²) in [6, 6.07) is 16.1. The van der Waals surface area contributed by atoms with Crippen LogP contribution in [0.15, 0.2) is 59.5 Å². The van der Waals surface area contributed by atoms with Crippen LogP contribution in [-0.2, 0) is 9.84 Å². The first-order valence-corrected chi connectivity index (χ1v) is 9.55. The summed E-state index contributed by atoms with van der Waals surface area (Å²) in [4.78, 5) is 2.33. The lowest BCUT2D eigenvalue weighted by Gasteiger charge is -2.29. The highest BCUT2D eigenvalue weighted by Gasteiger charge is 2.23. The number of benzene rings is 2. The predicted octanol–water partition coefficient (Wildman–Crippen LogP) is 2.23. The lowest BCUT2D eigenvalue weighted by molar-refractivity contribution is 0.0669. The molecule has 0 saturated heterocycles. The molecule has 0 N–H and O–H groups in total. The molecule has 0 spiro atoms. The summed E-state index contributed by atoms with van der Waals surface area (Å²) in [5, 5.41) is 0. The van der Waals surface area contributed by atoms with Gasteiger partial charge in [0, 0.05) is 13.1 Å². The summed E-state index contributed by atoms with van der Waals surface area (Å²) >= 11 is 0. The minimum Gasteiger partial charge on any atom is -0.486 e. The largest absolute Gasteiger partial charge is 0.486 e. The first-order chi connectivity index (χ1) is 11.5. The quantitative estimate of drug-likeness (QED) is 0.802. The van der Waals surface area contributed by atoms with E-state index >= 15 is 0 Å². The Bertz CT molecular complexity index is 777. The Morgan fingerprint density at radius 1 is 1.04 bits per heavy atom. The SMILES string of the molecule is CN(CCS(=O)(=O)c1ccccc1)C[C@@H]1COc2ccccc2O1. The molecule has 1 aliphatic rings. The Hall–Kier alpha value is -2.05. The summed E-state index contributed by atoms with van der Waals surface area (Å²) in [6.07, 6.45) is -0.107. The van der Waals surface area contributed by atoms with Crippen LogP contribution in [0.1, 0.15) is 0 Å². The minimum atomic E-state index is -3.26. The van der Waals surface area contributed by atoms with Crippen LogP contribution < -0.4 is 9.47 Å². The molecule has 0 amide bonds. The number of fused-ring (bicyclic) bond motifs is 1. The second-order valence-corrected chi connectivity index (χ2v) is 8.00. The highest BCUT2D eigenvalue weighted by molar-refractivity contribution is 7.91. The molecule has 128 valence electrons. The van der Waals surface area contributed by atoms with Crippen molar-refractivity contribution >= 4 is 9.84 Å². The summed E-state index contributed by atoms with van der Waals surface area (Å²) in [6.45, 7) is 1.52. The van der Waals surface area contributed by atoms with Gasteiger partial charge in [-0.3, -0.25) is 0 Å². The smallest absolute Gasteiger partial charge is 0.179 e. The molecule has 1 aliphatic heterocycles. The molecule has 0 radical (unpaired) electrons. The molecular weight excluding hydrogens is 326 g/mol. The second-order valence-electron chi connectivity index (χ2n) is 5.89. The molecule has 0 unspecified atom stereocenters.